The molecular formula is C12H26O5Si. The quantitative estimate of drug-likeness (QED) is 0.565. The summed E-state index contributed by atoms with van der Waals surface area (Å²) in [5, 5.41) is 19.2. The van der Waals surface area contributed by atoms with Crippen LogP contribution >= 0.6 is 0 Å². The van der Waals surface area contributed by atoms with E-state index in [-0.39, 0.29) is 18.3 Å². The van der Waals surface area contributed by atoms with Crippen LogP contribution in [0.25, 0.3) is 0 Å². The normalized spacial score (nSPS) is 16.2. The van der Waals surface area contributed by atoms with Crippen molar-refractivity contribution < 1.29 is 24.2 Å². The molecule has 0 saturated heterocycles. The van der Waals surface area contributed by atoms with Crippen LogP contribution in [0, 0.1) is 0 Å². The molecule has 0 aromatic carbocycles. The number of aliphatic hydroxyl groups excluding tert-OH is 1. The lowest BCUT2D eigenvalue weighted by molar-refractivity contribution is -0.173. The van der Waals surface area contributed by atoms with Gasteiger partial charge in [0.15, 0.2) is 8.32 Å². The van der Waals surface area contributed by atoms with Crippen LogP contribution in [0.4, 0.5) is 0 Å². The molecule has 1 unspecified atom stereocenters. The van der Waals surface area contributed by atoms with Gasteiger partial charge in [0.2, 0.25) is 5.60 Å². The van der Waals surface area contributed by atoms with Gasteiger partial charge in [-0.05, 0) is 25.1 Å². The molecule has 0 heterocycles. The highest BCUT2D eigenvalue weighted by Gasteiger charge is 2.43. The van der Waals surface area contributed by atoms with E-state index in [1.165, 1.54) is 0 Å². The summed E-state index contributed by atoms with van der Waals surface area (Å²) in [6.45, 7) is 11.0. The van der Waals surface area contributed by atoms with Gasteiger partial charge in [0.05, 0.1) is 19.8 Å². The molecular weight excluding hydrogens is 252 g/mol. The van der Waals surface area contributed by atoms with Crippen molar-refractivity contribution in [2.45, 2.75) is 51.4 Å². The lowest BCUT2D eigenvalue weighted by Crippen LogP contribution is -2.52. The minimum Gasteiger partial charge on any atom is -0.464 e. The van der Waals surface area contributed by atoms with Gasteiger partial charge in [-0.25, -0.2) is 4.79 Å². The topological polar surface area (TPSA) is 76.0 Å². The highest BCUT2D eigenvalue weighted by atomic mass is 28.4. The Labute approximate surface area is 110 Å². The number of aliphatic hydroxyl groups is 2. The first-order valence-electron chi connectivity index (χ1n) is 6.14. The van der Waals surface area contributed by atoms with Crippen molar-refractivity contribution in [2.75, 3.05) is 19.8 Å². The predicted octanol–water partition coefficient (Wildman–Crippen LogP) is 1.29. The van der Waals surface area contributed by atoms with Crippen LogP contribution in [-0.4, -0.2) is 49.9 Å². The standard InChI is InChI=1S/C12H26O5Si/c1-7-16-10(14)12(15,8-13)9-17-18(5,6)11(2,3)4/h13,15H,7-9H2,1-6H3. The van der Waals surface area contributed by atoms with Crippen LogP contribution in [0.1, 0.15) is 27.7 Å². The maximum atomic E-state index is 11.6. The molecule has 1 atom stereocenters. The largest absolute Gasteiger partial charge is 0.464 e. The van der Waals surface area contributed by atoms with Crippen molar-refractivity contribution >= 4 is 14.3 Å². The summed E-state index contributed by atoms with van der Waals surface area (Å²) in [4.78, 5) is 11.6. The van der Waals surface area contributed by atoms with Gasteiger partial charge in [0.25, 0.3) is 0 Å². The third-order valence-electron chi connectivity index (χ3n) is 3.39. The second-order valence-electron chi connectivity index (χ2n) is 5.96. The van der Waals surface area contributed by atoms with E-state index in [9.17, 15) is 9.90 Å². The summed E-state index contributed by atoms with van der Waals surface area (Å²) in [6.07, 6.45) is 0. The molecule has 2 N–H and O–H groups in total. The van der Waals surface area contributed by atoms with Gasteiger partial charge in [-0.3, -0.25) is 0 Å². The molecule has 0 rings (SSSR count). The second-order valence-corrected chi connectivity index (χ2v) is 10.8. The fraction of sp³-hybridized carbons (Fsp3) is 0.917. The van der Waals surface area contributed by atoms with Gasteiger partial charge >= 0.3 is 5.97 Å². The van der Waals surface area contributed by atoms with Gasteiger partial charge in [0.1, 0.15) is 0 Å². The minimum atomic E-state index is -2.08. The number of rotatable bonds is 6. The number of esters is 1. The zero-order valence-electron chi connectivity index (χ0n) is 12.2. The number of hydrogen-bond acceptors (Lipinski definition) is 5. The highest BCUT2D eigenvalue weighted by molar-refractivity contribution is 6.74. The van der Waals surface area contributed by atoms with Gasteiger partial charge in [0, 0.05) is 0 Å². The van der Waals surface area contributed by atoms with Gasteiger partial charge in [-0.15, -0.1) is 0 Å². The van der Waals surface area contributed by atoms with Crippen molar-refractivity contribution in [2.24, 2.45) is 0 Å². The SMILES string of the molecule is CCOC(=O)C(O)(CO)CO[Si](C)(C)C(C)(C)C. The lowest BCUT2D eigenvalue weighted by Gasteiger charge is -2.38. The fourth-order valence-electron chi connectivity index (χ4n) is 0.951. The van der Waals surface area contributed by atoms with Crippen LogP contribution < -0.4 is 0 Å². The molecule has 0 amide bonds. The Kier molecular flexibility index (Phi) is 5.99. The molecule has 0 radical (unpaired) electrons. The minimum absolute atomic E-state index is 0.0297. The van der Waals surface area contributed by atoms with Crippen molar-refractivity contribution in [3.05, 3.63) is 0 Å². The Morgan fingerprint density at radius 3 is 2.11 bits per heavy atom. The Hall–Kier alpha value is -0.433. The summed E-state index contributed by atoms with van der Waals surface area (Å²) in [6, 6.07) is 0. The number of hydrogen-bond donors (Lipinski definition) is 2. The van der Waals surface area contributed by atoms with Crippen LogP contribution in [0.15, 0.2) is 0 Å². The first-order valence-corrected chi connectivity index (χ1v) is 9.05. The van der Waals surface area contributed by atoms with Crippen LogP contribution in [0.3, 0.4) is 0 Å². The van der Waals surface area contributed by atoms with E-state index in [0.29, 0.717) is 0 Å². The van der Waals surface area contributed by atoms with Crippen LogP contribution in [-0.2, 0) is 14.0 Å². The smallest absolute Gasteiger partial charge is 0.342 e. The molecule has 0 fully saturated rings. The van der Waals surface area contributed by atoms with Crippen LogP contribution in [0.5, 0.6) is 0 Å². The summed E-state index contributed by atoms with van der Waals surface area (Å²) in [7, 11) is -2.08. The third kappa shape index (κ3) is 4.35. The van der Waals surface area contributed by atoms with E-state index < -0.39 is 26.5 Å². The molecule has 0 saturated carbocycles. The third-order valence-corrected chi connectivity index (χ3v) is 7.87. The molecule has 5 nitrogen and oxygen atoms in total. The summed E-state index contributed by atoms with van der Waals surface area (Å²) in [5.41, 5.74) is -1.97. The molecule has 0 aromatic heterocycles. The lowest BCUT2D eigenvalue weighted by atomic mass is 10.1. The van der Waals surface area contributed by atoms with Crippen molar-refractivity contribution in [3.63, 3.8) is 0 Å². The molecule has 0 aliphatic rings. The summed E-state index contributed by atoms with van der Waals surface area (Å²) < 4.78 is 10.5. The Morgan fingerprint density at radius 2 is 1.78 bits per heavy atom. The predicted molar refractivity (Wildman–Crippen MR) is 71.8 cm³/mol. The molecule has 0 aromatic rings. The maximum Gasteiger partial charge on any atom is 0.342 e. The van der Waals surface area contributed by atoms with E-state index in [4.69, 9.17) is 14.3 Å². The summed E-state index contributed by atoms with van der Waals surface area (Å²) in [5.74, 6) is -0.841. The van der Waals surface area contributed by atoms with Crippen molar-refractivity contribution in [1.29, 1.82) is 0 Å². The van der Waals surface area contributed by atoms with E-state index in [2.05, 4.69) is 20.8 Å². The summed E-state index contributed by atoms with van der Waals surface area (Å²) >= 11 is 0. The first kappa shape index (κ1) is 17.6. The molecule has 0 bridgehead atoms. The van der Waals surface area contributed by atoms with Crippen molar-refractivity contribution in [1.82, 2.24) is 0 Å². The fourth-order valence-corrected chi connectivity index (χ4v) is 1.98. The molecule has 0 spiro atoms. The van der Waals surface area contributed by atoms with E-state index in [1.54, 1.807) is 6.92 Å². The van der Waals surface area contributed by atoms with Gasteiger partial charge in [-0.2, -0.15) is 0 Å². The van der Waals surface area contributed by atoms with Crippen molar-refractivity contribution in [3.8, 4) is 0 Å². The monoisotopic (exact) mass is 278 g/mol. The van der Waals surface area contributed by atoms with E-state index in [0.717, 1.165) is 0 Å². The maximum absolute atomic E-state index is 11.6. The molecule has 18 heavy (non-hydrogen) atoms. The van der Waals surface area contributed by atoms with E-state index in [1.807, 2.05) is 13.1 Å². The van der Waals surface area contributed by atoms with Crippen LogP contribution in [0.2, 0.25) is 18.1 Å². The zero-order chi connectivity index (χ0) is 14.6. The first-order chi connectivity index (χ1) is 8.00. The molecule has 0 aliphatic carbocycles. The Morgan fingerprint density at radius 1 is 1.28 bits per heavy atom. The number of carbonyl (C=O) groups is 1. The van der Waals surface area contributed by atoms with Gasteiger partial charge < -0.3 is 19.4 Å². The number of ether oxygens (including phenoxy) is 1. The van der Waals surface area contributed by atoms with Gasteiger partial charge in [-0.1, -0.05) is 20.8 Å². The van der Waals surface area contributed by atoms with E-state index >= 15 is 0 Å². The average molecular weight is 278 g/mol. The molecule has 6 heteroatoms. The Bertz CT molecular complexity index is 285. The highest BCUT2D eigenvalue weighted by Crippen LogP contribution is 2.37. The average Bonchev–Trinajstić information content (AvgIpc) is 2.24. The molecule has 0 aliphatic heterocycles. The zero-order valence-corrected chi connectivity index (χ0v) is 13.2. The molecule has 108 valence electrons. The number of carbonyl (C=O) groups excluding carboxylic acids is 1. The Balaban J connectivity index is 4.71. The second kappa shape index (κ2) is 6.14.